The number of sulfonamides is 1. The van der Waals surface area contributed by atoms with Gasteiger partial charge >= 0.3 is 0 Å². The van der Waals surface area contributed by atoms with Gasteiger partial charge in [-0.1, -0.05) is 24.3 Å². The molecule has 1 aliphatic carbocycles. The van der Waals surface area contributed by atoms with Gasteiger partial charge in [-0.05, 0) is 43.7 Å². The molecule has 0 atom stereocenters. The summed E-state index contributed by atoms with van der Waals surface area (Å²) in [6.07, 6.45) is 6.44. The molecule has 0 saturated heterocycles. The van der Waals surface area contributed by atoms with Crippen molar-refractivity contribution >= 4 is 32.3 Å². The number of nitrogens with zero attached hydrogens (tertiary/aromatic N) is 4. The molecule has 0 saturated carbocycles. The highest BCUT2D eigenvalue weighted by Gasteiger charge is 2.21. The summed E-state index contributed by atoms with van der Waals surface area (Å²) in [5.74, 6) is 0. The smallest absolute Gasteiger partial charge is 0.235 e. The predicted octanol–water partition coefficient (Wildman–Crippen LogP) is 4.17. The maximum absolute atomic E-state index is 12.2. The van der Waals surface area contributed by atoms with Crippen molar-refractivity contribution in [1.82, 2.24) is 19.5 Å². The average Bonchev–Trinajstić information content (AvgIpc) is 3.36. The summed E-state index contributed by atoms with van der Waals surface area (Å²) in [6.45, 7) is 3.30. The molecule has 0 aliphatic heterocycles. The van der Waals surface area contributed by atoms with Gasteiger partial charge in [0.2, 0.25) is 10.0 Å². The summed E-state index contributed by atoms with van der Waals surface area (Å²) in [5, 5.41) is -0.518. The van der Waals surface area contributed by atoms with Crippen molar-refractivity contribution in [2.45, 2.75) is 25.5 Å². The molecule has 0 radical (unpaired) electrons. The predicted molar refractivity (Wildman–Crippen MR) is 127 cm³/mol. The summed E-state index contributed by atoms with van der Waals surface area (Å²) in [7, 11) is -1.44. The number of benzene rings is 2. The van der Waals surface area contributed by atoms with Crippen LogP contribution in [0.25, 0.3) is 27.9 Å². The van der Waals surface area contributed by atoms with Gasteiger partial charge in [0.15, 0.2) is 0 Å². The standard InChI is InChI=1S/C24H23N5O2S/c1-15(2)32(30,31)28-18-6-4-5-17(11-18)22-13-25-21-10-8-19(24(21)27-22)16-7-9-20-23(12-16)29(3)14-26-20/h4-9,11-15,28H,10H2,1-3H3. The Morgan fingerprint density at radius 2 is 1.91 bits per heavy atom. The van der Waals surface area contributed by atoms with Gasteiger partial charge in [0.1, 0.15) is 0 Å². The zero-order valence-electron chi connectivity index (χ0n) is 18.1. The Labute approximate surface area is 186 Å². The molecule has 2 aromatic heterocycles. The van der Waals surface area contributed by atoms with Crippen LogP contribution in [0.15, 0.2) is 61.1 Å². The molecule has 0 fully saturated rings. The van der Waals surface area contributed by atoms with Crippen molar-refractivity contribution in [3.63, 3.8) is 0 Å². The number of hydrogen-bond donors (Lipinski definition) is 1. The lowest BCUT2D eigenvalue weighted by Gasteiger charge is -2.12. The number of rotatable bonds is 5. The Morgan fingerprint density at radius 1 is 1.06 bits per heavy atom. The van der Waals surface area contributed by atoms with Crippen LogP contribution in [0.3, 0.4) is 0 Å². The summed E-state index contributed by atoms with van der Waals surface area (Å²) in [6, 6.07) is 13.4. The highest BCUT2D eigenvalue weighted by atomic mass is 32.2. The largest absolute Gasteiger partial charge is 0.334 e. The number of hydrogen-bond acceptors (Lipinski definition) is 5. The van der Waals surface area contributed by atoms with Gasteiger partial charge in [-0.15, -0.1) is 0 Å². The van der Waals surface area contributed by atoms with Crippen LogP contribution in [0.4, 0.5) is 5.69 Å². The molecule has 32 heavy (non-hydrogen) atoms. The second kappa shape index (κ2) is 7.56. The molecular formula is C24H23N5O2S. The Morgan fingerprint density at radius 3 is 2.72 bits per heavy atom. The molecule has 2 heterocycles. The van der Waals surface area contributed by atoms with E-state index in [4.69, 9.17) is 4.98 Å². The van der Waals surface area contributed by atoms with Gasteiger partial charge in [-0.3, -0.25) is 9.71 Å². The van der Waals surface area contributed by atoms with Crippen molar-refractivity contribution in [2.24, 2.45) is 7.05 Å². The SMILES string of the molecule is CC(C)S(=O)(=O)Nc1cccc(-c2cnc3c(n2)C(c2ccc4ncn(C)c4c2)=CC3)c1. The van der Waals surface area contributed by atoms with Gasteiger partial charge in [0, 0.05) is 30.3 Å². The zero-order chi connectivity index (χ0) is 22.5. The van der Waals surface area contributed by atoms with Crippen molar-refractivity contribution in [2.75, 3.05) is 4.72 Å². The molecule has 8 heteroatoms. The third kappa shape index (κ3) is 3.56. The minimum Gasteiger partial charge on any atom is -0.334 e. The lowest BCUT2D eigenvalue weighted by molar-refractivity contribution is 0.593. The first-order valence-electron chi connectivity index (χ1n) is 10.4. The lowest BCUT2D eigenvalue weighted by Crippen LogP contribution is -2.22. The van der Waals surface area contributed by atoms with E-state index in [1.807, 2.05) is 36.1 Å². The Kier molecular flexibility index (Phi) is 4.82. The molecular weight excluding hydrogens is 422 g/mol. The second-order valence-corrected chi connectivity index (χ2v) is 10.4. The van der Waals surface area contributed by atoms with Gasteiger partial charge in [0.25, 0.3) is 0 Å². The fourth-order valence-corrected chi connectivity index (χ4v) is 4.48. The number of anilines is 1. The molecule has 2 aromatic carbocycles. The maximum atomic E-state index is 12.2. The van der Waals surface area contributed by atoms with E-state index < -0.39 is 15.3 Å². The van der Waals surface area contributed by atoms with E-state index in [0.29, 0.717) is 11.4 Å². The number of imidazole rings is 1. The summed E-state index contributed by atoms with van der Waals surface area (Å²) < 4.78 is 29.1. The van der Waals surface area contributed by atoms with Gasteiger partial charge in [0.05, 0.1) is 45.9 Å². The van der Waals surface area contributed by atoms with E-state index >= 15 is 0 Å². The fraction of sp³-hybridized carbons (Fsp3) is 0.208. The van der Waals surface area contributed by atoms with Crippen LogP contribution < -0.4 is 4.72 Å². The van der Waals surface area contributed by atoms with E-state index in [-0.39, 0.29) is 0 Å². The second-order valence-electron chi connectivity index (χ2n) is 8.21. The third-order valence-electron chi connectivity index (χ3n) is 5.68. The van der Waals surface area contributed by atoms with Crippen LogP contribution >= 0.6 is 0 Å². The van der Waals surface area contributed by atoms with Crippen LogP contribution in [0, 0.1) is 0 Å². The fourth-order valence-electron chi connectivity index (χ4n) is 3.79. The Bertz CT molecular complexity index is 1490. The number of allylic oxidation sites excluding steroid dienone is 1. The summed E-state index contributed by atoms with van der Waals surface area (Å²) >= 11 is 0. The number of nitrogens with one attached hydrogen (secondary N) is 1. The van der Waals surface area contributed by atoms with E-state index in [2.05, 4.69) is 32.9 Å². The van der Waals surface area contributed by atoms with Gasteiger partial charge < -0.3 is 4.57 Å². The van der Waals surface area contributed by atoms with Crippen molar-refractivity contribution < 1.29 is 8.42 Å². The highest BCUT2D eigenvalue weighted by molar-refractivity contribution is 7.93. The monoisotopic (exact) mass is 445 g/mol. The zero-order valence-corrected chi connectivity index (χ0v) is 18.9. The first-order chi connectivity index (χ1) is 15.3. The lowest BCUT2D eigenvalue weighted by atomic mass is 10.0. The van der Waals surface area contributed by atoms with Crippen LogP contribution in [0.1, 0.15) is 30.8 Å². The Balaban J connectivity index is 1.51. The first kappa shape index (κ1) is 20.4. The summed E-state index contributed by atoms with van der Waals surface area (Å²) in [4.78, 5) is 14.0. The molecule has 4 aromatic rings. The minimum atomic E-state index is -3.42. The van der Waals surface area contributed by atoms with Crippen molar-refractivity contribution in [3.8, 4) is 11.3 Å². The maximum Gasteiger partial charge on any atom is 0.235 e. The molecule has 7 nitrogen and oxygen atoms in total. The molecule has 162 valence electrons. The molecule has 0 spiro atoms. The van der Waals surface area contributed by atoms with Crippen LogP contribution in [0.5, 0.6) is 0 Å². The Hall–Kier alpha value is -3.52. The van der Waals surface area contributed by atoms with E-state index in [9.17, 15) is 8.42 Å². The normalized spacial score (nSPS) is 13.4. The van der Waals surface area contributed by atoms with Crippen LogP contribution in [-0.4, -0.2) is 33.2 Å². The molecule has 0 amide bonds. The summed E-state index contributed by atoms with van der Waals surface area (Å²) in [5.41, 5.74) is 7.94. The molecule has 0 bridgehead atoms. The molecule has 5 rings (SSSR count). The number of aromatic nitrogens is 4. The van der Waals surface area contributed by atoms with Crippen molar-refractivity contribution in [3.05, 3.63) is 78.0 Å². The first-order valence-corrected chi connectivity index (χ1v) is 12.0. The van der Waals surface area contributed by atoms with E-state index in [1.165, 1.54) is 0 Å². The molecule has 0 unspecified atom stereocenters. The topological polar surface area (TPSA) is 89.8 Å². The average molecular weight is 446 g/mol. The van der Waals surface area contributed by atoms with Crippen LogP contribution in [0.2, 0.25) is 0 Å². The van der Waals surface area contributed by atoms with Gasteiger partial charge in [-0.25, -0.2) is 18.4 Å². The van der Waals surface area contributed by atoms with Crippen LogP contribution in [-0.2, 0) is 23.5 Å². The minimum absolute atomic E-state index is 0.510. The van der Waals surface area contributed by atoms with E-state index in [0.717, 1.165) is 45.5 Å². The highest BCUT2D eigenvalue weighted by Crippen LogP contribution is 2.33. The quantitative estimate of drug-likeness (QED) is 0.498. The number of aryl methyl sites for hydroxylation is 1. The molecule has 1 N–H and O–H groups in total. The van der Waals surface area contributed by atoms with E-state index in [1.54, 1.807) is 32.2 Å². The molecule has 1 aliphatic rings. The van der Waals surface area contributed by atoms with Gasteiger partial charge in [-0.2, -0.15) is 0 Å². The number of fused-ring (bicyclic) bond motifs is 2. The van der Waals surface area contributed by atoms with Crippen molar-refractivity contribution in [1.29, 1.82) is 0 Å². The third-order valence-corrected chi connectivity index (χ3v) is 7.44.